The van der Waals surface area contributed by atoms with Crippen LogP contribution in [0.2, 0.25) is 0 Å². The maximum Gasteiger partial charge on any atom is 0.335 e. The number of allylic oxidation sites excluding steroid dienone is 1. The molecule has 4 heteroatoms. The van der Waals surface area contributed by atoms with E-state index in [1.807, 2.05) is 36.5 Å². The third kappa shape index (κ3) is 6.83. The Morgan fingerprint density at radius 2 is 1.88 bits per heavy atom. The Hall–Kier alpha value is -1.94. The predicted octanol–water partition coefficient (Wildman–Crippen LogP) is 6.19. The molecule has 3 nitrogen and oxygen atoms in total. The summed E-state index contributed by atoms with van der Waals surface area (Å²) < 4.78 is 5.31. The van der Waals surface area contributed by atoms with E-state index in [2.05, 4.69) is 18.8 Å². The number of thiazole rings is 1. The van der Waals surface area contributed by atoms with Gasteiger partial charge in [-0.05, 0) is 43.5 Å². The van der Waals surface area contributed by atoms with Crippen molar-refractivity contribution in [2.45, 2.75) is 58.8 Å². The molecule has 0 saturated carbocycles. The lowest BCUT2D eigenvalue weighted by Crippen LogP contribution is -2.03. The van der Waals surface area contributed by atoms with E-state index >= 15 is 0 Å². The van der Waals surface area contributed by atoms with Crippen molar-refractivity contribution in [3.63, 3.8) is 0 Å². The number of ether oxygens (including phenoxy) is 1. The molecule has 0 amide bonds. The summed E-state index contributed by atoms with van der Waals surface area (Å²) in [7, 11) is 0. The molecule has 0 unspecified atom stereocenters. The second kappa shape index (κ2) is 10.8. The Morgan fingerprint density at radius 3 is 2.60 bits per heavy atom. The summed E-state index contributed by atoms with van der Waals surface area (Å²) in [4.78, 5) is 17.6. The molecule has 2 rings (SSSR count). The number of aryl methyl sites for hydroxylation is 1. The van der Waals surface area contributed by atoms with Crippen molar-refractivity contribution in [2.75, 3.05) is 0 Å². The van der Waals surface area contributed by atoms with E-state index in [0.717, 1.165) is 36.3 Å². The van der Waals surface area contributed by atoms with Crippen LogP contribution in [0.3, 0.4) is 0 Å². The Morgan fingerprint density at radius 1 is 1.12 bits per heavy atom. The largest absolute Gasteiger partial charge is 0.423 e. The number of benzene rings is 1. The Labute approximate surface area is 154 Å². The van der Waals surface area contributed by atoms with E-state index in [4.69, 9.17) is 4.74 Å². The molecule has 0 N–H and O–H groups in total. The highest BCUT2D eigenvalue weighted by Gasteiger charge is 2.06. The van der Waals surface area contributed by atoms with Gasteiger partial charge in [-0.3, -0.25) is 0 Å². The molecule has 0 spiro atoms. The van der Waals surface area contributed by atoms with E-state index in [0.29, 0.717) is 5.75 Å². The van der Waals surface area contributed by atoms with Crippen LogP contribution < -0.4 is 4.74 Å². The highest BCUT2D eigenvalue weighted by atomic mass is 32.1. The number of carbonyl (C=O) groups excluding carboxylic acids is 1. The topological polar surface area (TPSA) is 39.2 Å². The number of rotatable bonds is 10. The maximum absolute atomic E-state index is 11.7. The number of carbonyl (C=O) groups is 1. The highest BCUT2D eigenvalue weighted by Crippen LogP contribution is 2.27. The van der Waals surface area contributed by atoms with Gasteiger partial charge in [0.15, 0.2) is 0 Å². The number of esters is 1. The van der Waals surface area contributed by atoms with Crippen molar-refractivity contribution >= 4 is 17.3 Å². The molecule has 134 valence electrons. The number of unbranched alkanes of at least 4 members (excludes halogenated alkanes) is 4. The number of hydrogen-bond donors (Lipinski definition) is 0. The lowest BCUT2D eigenvalue weighted by molar-refractivity contribution is -0.129. The zero-order chi connectivity index (χ0) is 17.9. The van der Waals surface area contributed by atoms with Crippen molar-refractivity contribution in [1.82, 2.24) is 4.98 Å². The Bertz CT molecular complexity index is 673. The molecule has 25 heavy (non-hydrogen) atoms. The SMILES string of the molecule is CCCC/C=C/C(=O)Oc1ccc(-c2ncc(CCCCC)s2)cc1. The zero-order valence-corrected chi connectivity index (χ0v) is 16.0. The third-order valence-electron chi connectivity index (χ3n) is 3.88. The summed E-state index contributed by atoms with van der Waals surface area (Å²) in [6, 6.07) is 7.56. The van der Waals surface area contributed by atoms with Crippen LogP contribution in [0.1, 0.15) is 57.2 Å². The van der Waals surface area contributed by atoms with Crippen LogP contribution in [0.4, 0.5) is 0 Å². The molecule has 1 heterocycles. The lowest BCUT2D eigenvalue weighted by Gasteiger charge is -2.02. The maximum atomic E-state index is 11.7. The van der Waals surface area contributed by atoms with Crippen LogP contribution >= 0.6 is 11.3 Å². The minimum atomic E-state index is -0.323. The standard InChI is InChI=1S/C21H27NO2S/c1-3-5-7-9-11-20(23)24-18-14-12-17(13-15-18)21-22-16-19(25-21)10-8-6-4-2/h9,11-16H,3-8,10H2,1-2H3/b11-9+. The molecule has 1 aromatic heterocycles. The lowest BCUT2D eigenvalue weighted by atomic mass is 10.2. The monoisotopic (exact) mass is 357 g/mol. The van der Waals surface area contributed by atoms with Crippen LogP contribution in [0.25, 0.3) is 10.6 Å². The first-order chi connectivity index (χ1) is 12.2. The summed E-state index contributed by atoms with van der Waals surface area (Å²) in [5.74, 6) is 0.241. The van der Waals surface area contributed by atoms with Crippen molar-refractivity contribution < 1.29 is 9.53 Å². The van der Waals surface area contributed by atoms with Gasteiger partial charge in [0.25, 0.3) is 0 Å². The van der Waals surface area contributed by atoms with Gasteiger partial charge in [0, 0.05) is 22.7 Å². The van der Waals surface area contributed by atoms with Gasteiger partial charge in [-0.1, -0.05) is 45.6 Å². The van der Waals surface area contributed by atoms with Gasteiger partial charge in [-0.15, -0.1) is 11.3 Å². The van der Waals surface area contributed by atoms with Crippen molar-refractivity contribution in [1.29, 1.82) is 0 Å². The summed E-state index contributed by atoms with van der Waals surface area (Å²) in [6.45, 7) is 4.35. The Balaban J connectivity index is 1.89. The minimum absolute atomic E-state index is 0.323. The average Bonchev–Trinajstić information content (AvgIpc) is 3.09. The fraction of sp³-hybridized carbons (Fsp3) is 0.429. The van der Waals surface area contributed by atoms with Crippen molar-refractivity contribution in [2.24, 2.45) is 0 Å². The average molecular weight is 358 g/mol. The third-order valence-corrected chi connectivity index (χ3v) is 4.98. The quantitative estimate of drug-likeness (QED) is 0.220. The molecule has 0 bridgehead atoms. The Kier molecular flexibility index (Phi) is 8.40. The first-order valence-corrected chi connectivity index (χ1v) is 9.98. The zero-order valence-electron chi connectivity index (χ0n) is 15.2. The molecule has 0 saturated heterocycles. The van der Waals surface area contributed by atoms with E-state index < -0.39 is 0 Å². The second-order valence-electron chi connectivity index (χ2n) is 6.08. The molecule has 0 aliphatic carbocycles. The molecule has 0 aliphatic rings. The molecule has 0 aliphatic heterocycles. The van der Waals surface area contributed by atoms with Crippen molar-refractivity contribution in [3.8, 4) is 16.3 Å². The molecule has 2 aromatic rings. The summed E-state index contributed by atoms with van der Waals surface area (Å²) in [5.41, 5.74) is 1.06. The molecule has 0 fully saturated rings. The van der Waals surface area contributed by atoms with E-state index in [1.165, 1.54) is 30.2 Å². The number of hydrogen-bond acceptors (Lipinski definition) is 4. The molecule has 0 radical (unpaired) electrons. The van der Waals surface area contributed by atoms with Crippen LogP contribution in [0.5, 0.6) is 5.75 Å². The summed E-state index contributed by atoms with van der Waals surface area (Å²) >= 11 is 1.74. The van der Waals surface area contributed by atoms with Gasteiger partial charge in [-0.25, -0.2) is 9.78 Å². The summed E-state index contributed by atoms with van der Waals surface area (Å²) in [6.07, 6.45) is 13.3. The fourth-order valence-corrected chi connectivity index (χ4v) is 3.38. The molecular formula is C21H27NO2S. The van der Waals surface area contributed by atoms with Crippen LogP contribution in [-0.2, 0) is 11.2 Å². The van der Waals surface area contributed by atoms with Gasteiger partial charge in [-0.2, -0.15) is 0 Å². The van der Waals surface area contributed by atoms with Gasteiger partial charge in [0.1, 0.15) is 10.8 Å². The van der Waals surface area contributed by atoms with E-state index in [9.17, 15) is 4.79 Å². The number of nitrogens with zero attached hydrogens (tertiary/aromatic N) is 1. The first-order valence-electron chi connectivity index (χ1n) is 9.16. The van der Waals surface area contributed by atoms with Crippen LogP contribution in [0.15, 0.2) is 42.6 Å². The highest BCUT2D eigenvalue weighted by molar-refractivity contribution is 7.15. The number of aromatic nitrogens is 1. The van der Waals surface area contributed by atoms with Gasteiger partial charge in [0.05, 0.1) is 0 Å². The first kappa shape index (κ1) is 19.4. The normalized spacial score (nSPS) is 11.1. The summed E-state index contributed by atoms with van der Waals surface area (Å²) in [5, 5.41) is 1.02. The van der Waals surface area contributed by atoms with Crippen LogP contribution in [-0.4, -0.2) is 11.0 Å². The molecule has 0 atom stereocenters. The van der Waals surface area contributed by atoms with Crippen molar-refractivity contribution in [3.05, 3.63) is 47.5 Å². The van der Waals surface area contributed by atoms with Gasteiger partial charge in [0.2, 0.25) is 0 Å². The molecule has 1 aromatic carbocycles. The van der Waals surface area contributed by atoms with Gasteiger partial charge >= 0.3 is 5.97 Å². The van der Waals surface area contributed by atoms with Gasteiger partial charge < -0.3 is 4.74 Å². The molecular weight excluding hydrogens is 330 g/mol. The second-order valence-corrected chi connectivity index (χ2v) is 7.19. The smallest absolute Gasteiger partial charge is 0.335 e. The van der Waals surface area contributed by atoms with Crippen LogP contribution in [0, 0.1) is 0 Å². The van der Waals surface area contributed by atoms with E-state index in [1.54, 1.807) is 11.3 Å². The van der Waals surface area contributed by atoms with E-state index in [-0.39, 0.29) is 5.97 Å². The minimum Gasteiger partial charge on any atom is -0.423 e. The predicted molar refractivity (Wildman–Crippen MR) is 105 cm³/mol. The fourth-order valence-electron chi connectivity index (χ4n) is 2.42.